The summed E-state index contributed by atoms with van der Waals surface area (Å²) in [6.07, 6.45) is 8.80. The van der Waals surface area contributed by atoms with Gasteiger partial charge in [0, 0.05) is 30.4 Å². The van der Waals surface area contributed by atoms with Gasteiger partial charge in [0.2, 0.25) is 0 Å². The normalized spacial score (nSPS) is 25.1. The van der Waals surface area contributed by atoms with Gasteiger partial charge in [0.15, 0.2) is 0 Å². The van der Waals surface area contributed by atoms with Crippen LogP contribution in [0.4, 0.5) is 0 Å². The second kappa shape index (κ2) is 5.35. The summed E-state index contributed by atoms with van der Waals surface area (Å²) in [5.41, 5.74) is 7.02. The smallest absolute Gasteiger partial charge is 0.131 e. The molecule has 18 heavy (non-hydrogen) atoms. The molecule has 0 atom stereocenters. The Kier molecular flexibility index (Phi) is 4.00. The molecule has 0 bridgehead atoms. The zero-order chi connectivity index (χ0) is 13.2. The Balaban J connectivity index is 1.96. The molecule has 0 amide bonds. The topological polar surface area (TPSA) is 51.8 Å². The second-order valence-electron chi connectivity index (χ2n) is 6.57. The Bertz CT molecular complexity index is 370. The molecule has 3 nitrogen and oxygen atoms in total. The number of rotatable bonds is 2. The number of nitrogens with zero attached hydrogens (tertiary/aromatic N) is 2. The third kappa shape index (κ3) is 3.08. The molecule has 0 aliphatic heterocycles. The lowest BCUT2D eigenvalue weighted by Gasteiger charge is -2.36. The number of nitrogens with two attached hydrogens (primary N) is 1. The highest BCUT2D eigenvalue weighted by atomic mass is 14.9. The van der Waals surface area contributed by atoms with Crippen molar-refractivity contribution < 1.29 is 0 Å². The van der Waals surface area contributed by atoms with Crippen molar-refractivity contribution in [3.8, 4) is 0 Å². The van der Waals surface area contributed by atoms with Crippen LogP contribution in [0.3, 0.4) is 0 Å². The molecule has 0 saturated heterocycles. The molecule has 1 aliphatic rings. The maximum Gasteiger partial charge on any atom is 0.131 e. The van der Waals surface area contributed by atoms with E-state index in [2.05, 4.69) is 30.7 Å². The summed E-state index contributed by atoms with van der Waals surface area (Å²) in [6.45, 7) is 7.58. The molecule has 1 heterocycles. The van der Waals surface area contributed by atoms with Crippen LogP contribution in [0.2, 0.25) is 0 Å². The zero-order valence-corrected chi connectivity index (χ0v) is 11.8. The highest BCUT2D eigenvalue weighted by Crippen LogP contribution is 2.42. The maximum atomic E-state index is 5.56. The Hall–Kier alpha value is -0.960. The van der Waals surface area contributed by atoms with Crippen LogP contribution >= 0.6 is 0 Å². The molecule has 1 fully saturated rings. The van der Waals surface area contributed by atoms with E-state index >= 15 is 0 Å². The van der Waals surface area contributed by atoms with Crippen molar-refractivity contribution in [3.63, 3.8) is 0 Å². The molecule has 2 N–H and O–H groups in total. The average Bonchev–Trinajstić information content (AvgIpc) is 2.38. The summed E-state index contributed by atoms with van der Waals surface area (Å²) < 4.78 is 0. The van der Waals surface area contributed by atoms with E-state index in [1.54, 1.807) is 0 Å². The molecule has 0 aromatic carbocycles. The second-order valence-corrected chi connectivity index (χ2v) is 6.57. The molecular formula is C15H25N3. The Morgan fingerprint density at radius 2 is 1.67 bits per heavy atom. The highest BCUT2D eigenvalue weighted by Gasteiger charge is 2.30. The van der Waals surface area contributed by atoms with Gasteiger partial charge < -0.3 is 5.73 Å². The third-order valence-corrected chi connectivity index (χ3v) is 4.28. The van der Waals surface area contributed by atoms with Crippen LogP contribution < -0.4 is 5.73 Å². The summed E-state index contributed by atoms with van der Waals surface area (Å²) >= 11 is 0. The largest absolute Gasteiger partial charge is 0.326 e. The molecule has 2 rings (SSSR count). The van der Waals surface area contributed by atoms with Crippen molar-refractivity contribution in [1.82, 2.24) is 9.97 Å². The lowest BCUT2D eigenvalue weighted by molar-refractivity contribution is 0.167. The first-order valence-electron chi connectivity index (χ1n) is 7.01. The first kappa shape index (κ1) is 13.5. The predicted molar refractivity (Wildman–Crippen MR) is 74.1 cm³/mol. The minimum Gasteiger partial charge on any atom is -0.326 e. The third-order valence-electron chi connectivity index (χ3n) is 4.28. The van der Waals surface area contributed by atoms with E-state index in [9.17, 15) is 0 Å². The highest BCUT2D eigenvalue weighted by molar-refractivity contribution is 5.07. The summed E-state index contributed by atoms with van der Waals surface area (Å²) in [4.78, 5) is 8.94. The van der Waals surface area contributed by atoms with Crippen molar-refractivity contribution >= 4 is 0 Å². The van der Waals surface area contributed by atoms with Gasteiger partial charge in [0.05, 0.1) is 0 Å². The van der Waals surface area contributed by atoms with Crippen molar-refractivity contribution in [2.24, 2.45) is 17.1 Å². The van der Waals surface area contributed by atoms with Gasteiger partial charge in [0.1, 0.15) is 5.82 Å². The van der Waals surface area contributed by atoms with E-state index in [1.807, 2.05) is 12.4 Å². The number of hydrogen-bond donors (Lipinski definition) is 1. The van der Waals surface area contributed by atoms with Crippen molar-refractivity contribution in [3.05, 3.63) is 23.8 Å². The standard InChI is InChI=1S/C15H25N3/c1-15(2,3)13-6-4-12(5-7-13)14-17-9-11(8-16)10-18-14/h9-10,12-13H,4-8,16H2,1-3H3. The fraction of sp³-hybridized carbons (Fsp3) is 0.733. The van der Waals surface area contributed by atoms with E-state index < -0.39 is 0 Å². The molecular weight excluding hydrogens is 222 g/mol. The molecule has 1 aliphatic carbocycles. The van der Waals surface area contributed by atoms with Gasteiger partial charge in [-0.3, -0.25) is 0 Å². The van der Waals surface area contributed by atoms with E-state index in [0.29, 0.717) is 17.9 Å². The molecule has 1 aromatic rings. The molecule has 1 saturated carbocycles. The van der Waals surface area contributed by atoms with Crippen LogP contribution in [-0.4, -0.2) is 9.97 Å². The predicted octanol–water partition coefficient (Wildman–Crippen LogP) is 3.26. The summed E-state index contributed by atoms with van der Waals surface area (Å²) in [5, 5.41) is 0. The van der Waals surface area contributed by atoms with Gasteiger partial charge in [-0.05, 0) is 37.0 Å². The summed E-state index contributed by atoms with van der Waals surface area (Å²) in [5.74, 6) is 2.41. The van der Waals surface area contributed by atoms with Crippen molar-refractivity contribution in [2.75, 3.05) is 0 Å². The van der Waals surface area contributed by atoms with Crippen LogP contribution in [0.25, 0.3) is 0 Å². The fourth-order valence-electron chi connectivity index (χ4n) is 2.90. The molecule has 0 spiro atoms. The van der Waals surface area contributed by atoms with Gasteiger partial charge in [-0.1, -0.05) is 20.8 Å². The molecule has 1 aromatic heterocycles. The van der Waals surface area contributed by atoms with Gasteiger partial charge in [-0.15, -0.1) is 0 Å². The molecule has 0 unspecified atom stereocenters. The lowest BCUT2D eigenvalue weighted by atomic mass is 9.70. The molecule has 0 radical (unpaired) electrons. The molecule has 3 heteroatoms. The van der Waals surface area contributed by atoms with E-state index in [-0.39, 0.29) is 0 Å². The van der Waals surface area contributed by atoms with Gasteiger partial charge >= 0.3 is 0 Å². The van der Waals surface area contributed by atoms with Crippen LogP contribution in [-0.2, 0) is 6.54 Å². The summed E-state index contributed by atoms with van der Waals surface area (Å²) in [7, 11) is 0. The van der Waals surface area contributed by atoms with E-state index in [0.717, 1.165) is 17.3 Å². The first-order valence-corrected chi connectivity index (χ1v) is 7.01. The van der Waals surface area contributed by atoms with Crippen LogP contribution in [0.5, 0.6) is 0 Å². The van der Waals surface area contributed by atoms with Crippen molar-refractivity contribution in [1.29, 1.82) is 0 Å². The minimum atomic E-state index is 0.440. The van der Waals surface area contributed by atoms with Crippen LogP contribution in [0.15, 0.2) is 12.4 Å². The maximum absolute atomic E-state index is 5.56. The Morgan fingerprint density at radius 3 is 2.11 bits per heavy atom. The van der Waals surface area contributed by atoms with Gasteiger partial charge in [-0.25, -0.2) is 9.97 Å². The molecule has 100 valence electrons. The Morgan fingerprint density at radius 1 is 1.11 bits per heavy atom. The number of aromatic nitrogens is 2. The van der Waals surface area contributed by atoms with Gasteiger partial charge in [-0.2, -0.15) is 0 Å². The number of hydrogen-bond acceptors (Lipinski definition) is 3. The Labute approximate surface area is 110 Å². The van der Waals surface area contributed by atoms with Crippen LogP contribution in [0, 0.1) is 11.3 Å². The minimum absolute atomic E-state index is 0.440. The zero-order valence-electron chi connectivity index (χ0n) is 11.8. The monoisotopic (exact) mass is 247 g/mol. The first-order chi connectivity index (χ1) is 8.50. The van der Waals surface area contributed by atoms with Gasteiger partial charge in [0.25, 0.3) is 0 Å². The average molecular weight is 247 g/mol. The summed E-state index contributed by atoms with van der Waals surface area (Å²) in [6, 6.07) is 0. The quantitative estimate of drug-likeness (QED) is 0.872. The van der Waals surface area contributed by atoms with E-state index in [4.69, 9.17) is 5.73 Å². The SMILES string of the molecule is CC(C)(C)C1CCC(c2ncc(CN)cn2)CC1. The lowest BCUT2D eigenvalue weighted by Crippen LogP contribution is -2.25. The van der Waals surface area contributed by atoms with Crippen LogP contribution in [0.1, 0.15) is 63.8 Å². The van der Waals surface area contributed by atoms with E-state index in [1.165, 1.54) is 25.7 Å². The fourth-order valence-corrected chi connectivity index (χ4v) is 2.90. The van der Waals surface area contributed by atoms with Crippen molar-refractivity contribution in [2.45, 2.75) is 58.9 Å².